The van der Waals surface area contributed by atoms with Crippen LogP contribution < -0.4 is 5.32 Å². The summed E-state index contributed by atoms with van der Waals surface area (Å²) in [5, 5.41) is 11.7. The van der Waals surface area contributed by atoms with Gasteiger partial charge in [0.2, 0.25) is 5.91 Å². The molecule has 1 aliphatic heterocycles. The van der Waals surface area contributed by atoms with E-state index >= 15 is 0 Å². The number of nitrogens with one attached hydrogen (secondary N) is 1. The topological polar surface area (TPSA) is 84.9 Å². The van der Waals surface area contributed by atoms with E-state index in [1.165, 1.54) is 0 Å². The van der Waals surface area contributed by atoms with Gasteiger partial charge in [-0.15, -0.1) is 0 Å². The Labute approximate surface area is 118 Å². The fraction of sp³-hybridized carbons (Fsp3) is 0.857. The zero-order valence-corrected chi connectivity index (χ0v) is 11.7. The SMILES string of the molecule is O=C(O)C1CCC1C(=O)NCCCOCC1CCCO1. The summed E-state index contributed by atoms with van der Waals surface area (Å²) in [4.78, 5) is 22.6. The number of carboxylic acids is 1. The monoisotopic (exact) mass is 285 g/mol. The second-order valence-electron chi connectivity index (χ2n) is 5.48. The third-order valence-electron chi connectivity index (χ3n) is 4.02. The molecule has 2 rings (SSSR count). The molecule has 1 heterocycles. The van der Waals surface area contributed by atoms with Crippen molar-refractivity contribution < 1.29 is 24.2 Å². The minimum atomic E-state index is -0.865. The Bertz CT molecular complexity index is 340. The minimum Gasteiger partial charge on any atom is -0.481 e. The second-order valence-corrected chi connectivity index (χ2v) is 5.48. The first-order chi connectivity index (χ1) is 9.68. The molecule has 1 aliphatic carbocycles. The first-order valence-corrected chi connectivity index (χ1v) is 7.38. The number of aliphatic carboxylic acids is 1. The van der Waals surface area contributed by atoms with Gasteiger partial charge in [-0.05, 0) is 32.1 Å². The van der Waals surface area contributed by atoms with Gasteiger partial charge in [0.05, 0.1) is 24.5 Å². The van der Waals surface area contributed by atoms with Crippen LogP contribution in [0, 0.1) is 11.8 Å². The molecule has 0 radical (unpaired) electrons. The van der Waals surface area contributed by atoms with Crippen LogP contribution in [0.25, 0.3) is 0 Å². The number of ether oxygens (including phenoxy) is 2. The average molecular weight is 285 g/mol. The van der Waals surface area contributed by atoms with Crippen molar-refractivity contribution in [1.82, 2.24) is 5.32 Å². The molecule has 0 aromatic carbocycles. The Morgan fingerprint density at radius 2 is 2.05 bits per heavy atom. The van der Waals surface area contributed by atoms with Gasteiger partial charge in [0.15, 0.2) is 0 Å². The maximum Gasteiger partial charge on any atom is 0.307 e. The molecule has 2 fully saturated rings. The molecule has 0 aromatic heterocycles. The first kappa shape index (κ1) is 15.3. The number of carboxylic acid groups (broad SMARTS) is 1. The molecular weight excluding hydrogens is 262 g/mol. The normalized spacial score (nSPS) is 28.9. The summed E-state index contributed by atoms with van der Waals surface area (Å²) < 4.78 is 10.9. The molecule has 114 valence electrons. The lowest BCUT2D eigenvalue weighted by Gasteiger charge is -2.31. The smallest absolute Gasteiger partial charge is 0.307 e. The summed E-state index contributed by atoms with van der Waals surface area (Å²) in [6, 6.07) is 0. The lowest BCUT2D eigenvalue weighted by Crippen LogP contribution is -2.44. The van der Waals surface area contributed by atoms with E-state index in [0.29, 0.717) is 32.6 Å². The van der Waals surface area contributed by atoms with E-state index in [9.17, 15) is 9.59 Å². The largest absolute Gasteiger partial charge is 0.481 e. The maximum absolute atomic E-state index is 11.7. The van der Waals surface area contributed by atoms with Crippen LogP contribution in [-0.2, 0) is 19.1 Å². The predicted octanol–water partition coefficient (Wildman–Crippen LogP) is 0.799. The number of carbonyl (C=O) groups is 2. The van der Waals surface area contributed by atoms with E-state index in [2.05, 4.69) is 5.32 Å². The van der Waals surface area contributed by atoms with E-state index in [1.807, 2.05) is 0 Å². The highest BCUT2D eigenvalue weighted by Gasteiger charge is 2.41. The van der Waals surface area contributed by atoms with Crippen LogP contribution in [0.2, 0.25) is 0 Å². The van der Waals surface area contributed by atoms with Gasteiger partial charge in [0, 0.05) is 19.8 Å². The quantitative estimate of drug-likeness (QED) is 0.644. The fourth-order valence-electron chi connectivity index (χ4n) is 2.62. The fourth-order valence-corrected chi connectivity index (χ4v) is 2.62. The molecule has 0 spiro atoms. The number of hydrogen-bond acceptors (Lipinski definition) is 4. The summed E-state index contributed by atoms with van der Waals surface area (Å²) in [6.45, 7) is 2.58. The van der Waals surface area contributed by atoms with Gasteiger partial charge in [0.25, 0.3) is 0 Å². The first-order valence-electron chi connectivity index (χ1n) is 7.38. The molecule has 1 saturated carbocycles. The standard InChI is InChI=1S/C14H23NO5/c16-13(11-4-5-12(11)14(17)18)15-6-2-7-19-9-10-3-1-8-20-10/h10-12H,1-9H2,(H,15,16)(H,17,18). The van der Waals surface area contributed by atoms with E-state index in [0.717, 1.165) is 25.9 Å². The summed E-state index contributed by atoms with van der Waals surface area (Å²) in [5.74, 6) is -1.84. The molecule has 2 aliphatic rings. The molecule has 1 saturated heterocycles. The predicted molar refractivity (Wildman–Crippen MR) is 71.3 cm³/mol. The Balaban J connectivity index is 1.48. The van der Waals surface area contributed by atoms with Crippen molar-refractivity contribution in [2.24, 2.45) is 11.8 Å². The molecule has 1 amide bonds. The van der Waals surface area contributed by atoms with Crippen LogP contribution in [0.3, 0.4) is 0 Å². The summed E-state index contributed by atoms with van der Waals surface area (Å²) in [6.07, 6.45) is 4.43. The maximum atomic E-state index is 11.7. The van der Waals surface area contributed by atoms with Crippen molar-refractivity contribution in [3.63, 3.8) is 0 Å². The third kappa shape index (κ3) is 4.18. The third-order valence-corrected chi connectivity index (χ3v) is 4.02. The number of carbonyl (C=O) groups excluding carboxylic acids is 1. The Kier molecular flexibility index (Phi) is 5.79. The number of hydrogen-bond donors (Lipinski definition) is 2. The summed E-state index contributed by atoms with van der Waals surface area (Å²) in [5.41, 5.74) is 0. The number of amides is 1. The highest BCUT2D eigenvalue weighted by molar-refractivity contribution is 5.86. The van der Waals surface area contributed by atoms with Crippen LogP contribution in [-0.4, -0.2) is 49.5 Å². The zero-order chi connectivity index (χ0) is 14.4. The van der Waals surface area contributed by atoms with Crippen molar-refractivity contribution in [2.75, 3.05) is 26.4 Å². The zero-order valence-electron chi connectivity index (χ0n) is 11.7. The lowest BCUT2D eigenvalue weighted by atomic mass is 9.73. The van der Waals surface area contributed by atoms with Crippen LogP contribution >= 0.6 is 0 Å². The van der Waals surface area contributed by atoms with E-state index in [1.54, 1.807) is 0 Å². The molecule has 6 nitrogen and oxygen atoms in total. The van der Waals surface area contributed by atoms with Crippen LogP contribution in [0.4, 0.5) is 0 Å². The van der Waals surface area contributed by atoms with Gasteiger partial charge >= 0.3 is 5.97 Å². The summed E-state index contributed by atoms with van der Waals surface area (Å²) in [7, 11) is 0. The van der Waals surface area contributed by atoms with Gasteiger partial charge < -0.3 is 19.9 Å². The number of rotatable bonds is 8. The van der Waals surface area contributed by atoms with Crippen molar-refractivity contribution >= 4 is 11.9 Å². The van der Waals surface area contributed by atoms with Crippen molar-refractivity contribution in [1.29, 1.82) is 0 Å². The van der Waals surface area contributed by atoms with Crippen LogP contribution in [0.1, 0.15) is 32.1 Å². The molecule has 3 atom stereocenters. The average Bonchev–Trinajstić information content (AvgIpc) is 2.84. The molecular formula is C14H23NO5. The highest BCUT2D eigenvalue weighted by Crippen LogP contribution is 2.34. The molecule has 20 heavy (non-hydrogen) atoms. The van der Waals surface area contributed by atoms with Gasteiger partial charge in [-0.25, -0.2) is 0 Å². The van der Waals surface area contributed by atoms with Crippen molar-refractivity contribution in [2.45, 2.75) is 38.2 Å². The Morgan fingerprint density at radius 1 is 1.25 bits per heavy atom. The van der Waals surface area contributed by atoms with Crippen LogP contribution in [0.5, 0.6) is 0 Å². The Morgan fingerprint density at radius 3 is 2.65 bits per heavy atom. The molecule has 3 unspecified atom stereocenters. The Hall–Kier alpha value is -1.14. The summed E-state index contributed by atoms with van der Waals surface area (Å²) >= 11 is 0. The van der Waals surface area contributed by atoms with Crippen molar-refractivity contribution in [3.05, 3.63) is 0 Å². The van der Waals surface area contributed by atoms with E-state index in [-0.39, 0.29) is 17.9 Å². The lowest BCUT2D eigenvalue weighted by molar-refractivity contribution is -0.152. The van der Waals surface area contributed by atoms with Gasteiger partial charge in [-0.3, -0.25) is 9.59 Å². The molecule has 2 N–H and O–H groups in total. The van der Waals surface area contributed by atoms with Gasteiger partial charge in [-0.2, -0.15) is 0 Å². The van der Waals surface area contributed by atoms with Crippen LogP contribution in [0.15, 0.2) is 0 Å². The van der Waals surface area contributed by atoms with Crippen molar-refractivity contribution in [3.8, 4) is 0 Å². The van der Waals surface area contributed by atoms with E-state index < -0.39 is 11.9 Å². The second kappa shape index (κ2) is 7.59. The minimum absolute atomic E-state index is 0.136. The molecule has 0 aromatic rings. The molecule has 0 bridgehead atoms. The van der Waals surface area contributed by atoms with Gasteiger partial charge in [0.1, 0.15) is 0 Å². The highest BCUT2D eigenvalue weighted by atomic mass is 16.5. The molecule has 6 heteroatoms. The van der Waals surface area contributed by atoms with E-state index in [4.69, 9.17) is 14.6 Å². The van der Waals surface area contributed by atoms with Gasteiger partial charge in [-0.1, -0.05) is 0 Å².